The van der Waals surface area contributed by atoms with Crippen molar-refractivity contribution in [2.75, 3.05) is 6.54 Å². The van der Waals surface area contributed by atoms with Gasteiger partial charge in [-0.1, -0.05) is 30.3 Å². The van der Waals surface area contributed by atoms with Crippen molar-refractivity contribution in [1.82, 2.24) is 0 Å². The molecule has 21 heavy (non-hydrogen) atoms. The van der Waals surface area contributed by atoms with E-state index in [1.165, 1.54) is 0 Å². The molecule has 2 aromatic carbocycles. The number of fused-ring (bicyclic) bond motifs is 1. The molecule has 3 nitrogen and oxygen atoms in total. The number of hydrogen-bond acceptors (Lipinski definition) is 3. The Morgan fingerprint density at radius 2 is 1.76 bits per heavy atom. The summed E-state index contributed by atoms with van der Waals surface area (Å²) < 4.78 is 25.3. The fourth-order valence-corrected chi connectivity index (χ4v) is 4.03. The van der Waals surface area contributed by atoms with Crippen molar-refractivity contribution in [2.24, 2.45) is 5.73 Å². The second kappa shape index (κ2) is 5.47. The zero-order chi connectivity index (χ0) is 14.9. The van der Waals surface area contributed by atoms with Crippen LogP contribution in [-0.2, 0) is 16.3 Å². The van der Waals surface area contributed by atoms with Gasteiger partial charge in [-0.3, -0.25) is 0 Å². The van der Waals surface area contributed by atoms with E-state index in [2.05, 4.69) is 6.08 Å². The first-order chi connectivity index (χ1) is 10.1. The van der Waals surface area contributed by atoms with Crippen LogP contribution in [0.2, 0.25) is 0 Å². The van der Waals surface area contributed by atoms with Gasteiger partial charge in [0.15, 0.2) is 0 Å². The molecule has 108 valence electrons. The van der Waals surface area contributed by atoms with Crippen molar-refractivity contribution >= 4 is 15.4 Å². The van der Waals surface area contributed by atoms with Gasteiger partial charge < -0.3 is 5.73 Å². The zero-order valence-electron chi connectivity index (χ0n) is 11.6. The molecule has 0 saturated heterocycles. The molecule has 0 radical (unpaired) electrons. The molecular formula is C17H17NO2S. The van der Waals surface area contributed by atoms with Gasteiger partial charge in [0, 0.05) is 6.54 Å². The maximum absolute atomic E-state index is 12.6. The van der Waals surface area contributed by atoms with Crippen LogP contribution < -0.4 is 5.73 Å². The molecule has 1 aliphatic carbocycles. The lowest BCUT2D eigenvalue weighted by atomic mass is 9.91. The Morgan fingerprint density at radius 3 is 2.48 bits per heavy atom. The fraction of sp³-hybridized carbons (Fsp3) is 0.176. The Balaban J connectivity index is 2.08. The van der Waals surface area contributed by atoms with Crippen LogP contribution in [0.25, 0.3) is 5.57 Å². The van der Waals surface area contributed by atoms with Crippen LogP contribution in [0.5, 0.6) is 0 Å². The molecule has 0 atom stereocenters. The highest BCUT2D eigenvalue weighted by atomic mass is 32.2. The number of rotatable bonds is 3. The molecule has 0 spiro atoms. The lowest BCUT2D eigenvalue weighted by Crippen LogP contribution is -2.10. The number of aryl methyl sites for hydroxylation is 1. The monoisotopic (exact) mass is 299 g/mol. The van der Waals surface area contributed by atoms with Crippen molar-refractivity contribution in [2.45, 2.75) is 22.6 Å². The smallest absolute Gasteiger partial charge is 0.206 e. The van der Waals surface area contributed by atoms with Crippen LogP contribution in [0.15, 0.2) is 64.4 Å². The first-order valence-corrected chi connectivity index (χ1v) is 8.44. The molecule has 0 aromatic heterocycles. The highest BCUT2D eigenvalue weighted by Gasteiger charge is 2.20. The Bertz CT molecular complexity index is 793. The van der Waals surface area contributed by atoms with Crippen LogP contribution in [0, 0.1) is 0 Å². The maximum Gasteiger partial charge on any atom is 0.206 e. The number of hydrogen-bond donors (Lipinski definition) is 1. The molecule has 0 saturated carbocycles. The minimum atomic E-state index is -3.45. The van der Waals surface area contributed by atoms with Gasteiger partial charge in [0.1, 0.15) is 0 Å². The van der Waals surface area contributed by atoms with E-state index in [-0.39, 0.29) is 0 Å². The standard InChI is InChI=1S/C17H17NO2S/c18-12-14-6-4-5-13-11-16(9-10-17(13)14)21(19,20)15-7-2-1-3-8-15/h1-3,6-11H,4-5,12,18H2. The van der Waals surface area contributed by atoms with E-state index < -0.39 is 9.84 Å². The Labute approximate surface area is 125 Å². The molecule has 0 bridgehead atoms. The summed E-state index contributed by atoms with van der Waals surface area (Å²) in [6.45, 7) is 0.484. The summed E-state index contributed by atoms with van der Waals surface area (Å²) >= 11 is 0. The molecule has 4 heteroatoms. The molecular weight excluding hydrogens is 282 g/mol. The molecule has 0 heterocycles. The third-order valence-corrected chi connectivity index (χ3v) is 5.58. The summed E-state index contributed by atoms with van der Waals surface area (Å²) in [7, 11) is -3.45. The SMILES string of the molecule is NCC1=CCCc2cc(S(=O)(=O)c3ccccc3)ccc21. The quantitative estimate of drug-likeness (QED) is 0.948. The Hall–Kier alpha value is -1.91. The van der Waals surface area contributed by atoms with Gasteiger partial charge in [0.05, 0.1) is 9.79 Å². The van der Waals surface area contributed by atoms with Crippen molar-refractivity contribution < 1.29 is 8.42 Å². The van der Waals surface area contributed by atoms with E-state index in [4.69, 9.17) is 5.73 Å². The van der Waals surface area contributed by atoms with Gasteiger partial charge in [0.2, 0.25) is 9.84 Å². The Kier molecular flexibility index (Phi) is 3.66. The Morgan fingerprint density at radius 1 is 1.00 bits per heavy atom. The van der Waals surface area contributed by atoms with Gasteiger partial charge in [0.25, 0.3) is 0 Å². The summed E-state index contributed by atoms with van der Waals surface area (Å²) in [5.41, 5.74) is 8.99. The van der Waals surface area contributed by atoms with E-state index >= 15 is 0 Å². The number of benzene rings is 2. The normalized spacial score (nSPS) is 14.4. The highest BCUT2D eigenvalue weighted by Crippen LogP contribution is 2.30. The second-order valence-corrected chi connectivity index (χ2v) is 7.06. The maximum atomic E-state index is 12.6. The average molecular weight is 299 g/mol. The largest absolute Gasteiger partial charge is 0.326 e. The van der Waals surface area contributed by atoms with Crippen molar-refractivity contribution in [3.05, 3.63) is 65.7 Å². The first-order valence-electron chi connectivity index (χ1n) is 6.95. The number of nitrogens with two attached hydrogens (primary N) is 1. The lowest BCUT2D eigenvalue weighted by molar-refractivity contribution is 0.596. The van der Waals surface area contributed by atoms with Crippen LogP contribution in [0.1, 0.15) is 17.5 Å². The van der Waals surface area contributed by atoms with E-state index in [0.717, 1.165) is 29.5 Å². The topological polar surface area (TPSA) is 60.2 Å². The van der Waals surface area contributed by atoms with Crippen molar-refractivity contribution in [3.63, 3.8) is 0 Å². The average Bonchev–Trinajstić information content (AvgIpc) is 2.54. The van der Waals surface area contributed by atoms with Gasteiger partial charge in [-0.15, -0.1) is 0 Å². The molecule has 1 aliphatic rings. The molecule has 0 aliphatic heterocycles. The molecule has 0 fully saturated rings. The first kappa shape index (κ1) is 14.0. The van der Waals surface area contributed by atoms with E-state index in [1.54, 1.807) is 36.4 Å². The molecule has 2 aromatic rings. The van der Waals surface area contributed by atoms with Gasteiger partial charge in [-0.2, -0.15) is 0 Å². The molecule has 3 rings (SSSR count). The highest BCUT2D eigenvalue weighted by molar-refractivity contribution is 7.91. The summed E-state index contributed by atoms with van der Waals surface area (Å²) in [6, 6.07) is 13.9. The van der Waals surface area contributed by atoms with Crippen LogP contribution in [-0.4, -0.2) is 15.0 Å². The van der Waals surface area contributed by atoms with Crippen LogP contribution in [0.4, 0.5) is 0 Å². The van der Waals surface area contributed by atoms with E-state index in [1.807, 2.05) is 12.1 Å². The number of sulfone groups is 1. The molecule has 0 unspecified atom stereocenters. The lowest BCUT2D eigenvalue weighted by Gasteiger charge is -2.18. The third kappa shape index (κ3) is 2.52. The number of allylic oxidation sites excluding steroid dienone is 1. The summed E-state index contributed by atoms with van der Waals surface area (Å²) in [4.78, 5) is 0.682. The predicted octanol–water partition coefficient (Wildman–Crippen LogP) is 2.81. The van der Waals surface area contributed by atoms with E-state index in [0.29, 0.717) is 16.3 Å². The van der Waals surface area contributed by atoms with Gasteiger partial charge >= 0.3 is 0 Å². The summed E-state index contributed by atoms with van der Waals surface area (Å²) in [5.74, 6) is 0. The molecule has 2 N–H and O–H groups in total. The van der Waals surface area contributed by atoms with Crippen LogP contribution in [0.3, 0.4) is 0 Å². The zero-order valence-corrected chi connectivity index (χ0v) is 12.4. The van der Waals surface area contributed by atoms with E-state index in [9.17, 15) is 8.42 Å². The minimum Gasteiger partial charge on any atom is -0.326 e. The second-order valence-electron chi connectivity index (χ2n) is 5.11. The predicted molar refractivity (Wildman–Crippen MR) is 83.7 cm³/mol. The van der Waals surface area contributed by atoms with Crippen molar-refractivity contribution in [3.8, 4) is 0 Å². The van der Waals surface area contributed by atoms with Crippen LogP contribution >= 0.6 is 0 Å². The fourth-order valence-electron chi connectivity index (χ4n) is 2.70. The third-order valence-electron chi connectivity index (χ3n) is 3.81. The summed E-state index contributed by atoms with van der Waals surface area (Å²) in [6.07, 6.45) is 3.90. The molecule has 0 amide bonds. The van der Waals surface area contributed by atoms with Gasteiger partial charge in [-0.25, -0.2) is 8.42 Å². The summed E-state index contributed by atoms with van der Waals surface area (Å²) in [5, 5.41) is 0. The van der Waals surface area contributed by atoms with Crippen molar-refractivity contribution in [1.29, 1.82) is 0 Å². The minimum absolute atomic E-state index is 0.329. The van der Waals surface area contributed by atoms with Gasteiger partial charge in [-0.05, 0) is 53.8 Å².